The fourth-order valence-corrected chi connectivity index (χ4v) is 7.07. The number of hydrogen-bond donors (Lipinski definition) is 1. The van der Waals surface area contributed by atoms with Gasteiger partial charge in [-0.1, -0.05) is 6.42 Å². The fourth-order valence-electron chi connectivity index (χ4n) is 7.07. The fraction of sp³-hybridized carbons (Fsp3) is 0.944. The number of carbonyl (C=O) groups is 1. The molecule has 0 radical (unpaired) electrons. The smallest absolute Gasteiger partial charge is 0.309 e. The first kappa shape index (κ1) is 12.9. The molecule has 0 aliphatic heterocycles. The quantitative estimate of drug-likeness (QED) is 0.795. The van der Waals surface area contributed by atoms with Crippen LogP contribution in [0.5, 0.6) is 0 Å². The van der Waals surface area contributed by atoms with E-state index < -0.39 is 5.60 Å². The highest BCUT2D eigenvalue weighted by Gasteiger charge is 2.59. The Morgan fingerprint density at radius 1 is 0.952 bits per heavy atom. The van der Waals surface area contributed by atoms with Gasteiger partial charge in [-0.25, -0.2) is 0 Å². The first-order valence-corrected chi connectivity index (χ1v) is 8.98. The van der Waals surface area contributed by atoms with Crippen LogP contribution >= 0.6 is 0 Å². The standard InChI is InChI=1S/C18H26O3/c19-16(15-5-11-1-2-14(15)4-11)21-18-8-12-3-13(9-18)7-17(20,6-12)10-18/h11-15,20H,1-10H2. The normalized spacial score (nSPS) is 56.9. The lowest BCUT2D eigenvalue weighted by atomic mass is 9.52. The highest BCUT2D eigenvalue weighted by Crippen LogP contribution is 2.59. The zero-order chi connectivity index (χ0) is 14.2. The molecule has 0 spiro atoms. The highest BCUT2D eigenvalue weighted by molar-refractivity contribution is 5.74. The van der Waals surface area contributed by atoms with Crippen LogP contribution in [0.15, 0.2) is 0 Å². The lowest BCUT2D eigenvalue weighted by molar-refractivity contribution is -0.223. The van der Waals surface area contributed by atoms with E-state index in [0.29, 0.717) is 24.2 Å². The van der Waals surface area contributed by atoms with Gasteiger partial charge in [-0.2, -0.15) is 0 Å². The van der Waals surface area contributed by atoms with E-state index in [-0.39, 0.29) is 17.5 Å². The number of carbonyl (C=O) groups excluding carboxylic acids is 1. The summed E-state index contributed by atoms with van der Waals surface area (Å²) in [4.78, 5) is 12.7. The average molecular weight is 290 g/mol. The maximum Gasteiger partial charge on any atom is 0.309 e. The maximum absolute atomic E-state index is 12.7. The summed E-state index contributed by atoms with van der Waals surface area (Å²) < 4.78 is 6.15. The van der Waals surface area contributed by atoms with Crippen molar-refractivity contribution in [3.8, 4) is 0 Å². The van der Waals surface area contributed by atoms with E-state index in [1.165, 1.54) is 25.7 Å². The van der Waals surface area contributed by atoms with Crippen molar-refractivity contribution in [2.24, 2.45) is 29.6 Å². The van der Waals surface area contributed by atoms with Crippen LogP contribution in [-0.4, -0.2) is 22.3 Å². The summed E-state index contributed by atoms with van der Waals surface area (Å²) in [6.45, 7) is 0. The van der Waals surface area contributed by atoms with Crippen molar-refractivity contribution < 1.29 is 14.6 Å². The van der Waals surface area contributed by atoms with E-state index in [9.17, 15) is 9.90 Å². The number of fused-ring (bicyclic) bond motifs is 2. The molecule has 0 aromatic carbocycles. The minimum Gasteiger partial charge on any atom is -0.459 e. The number of esters is 1. The van der Waals surface area contributed by atoms with E-state index in [1.807, 2.05) is 0 Å². The largest absolute Gasteiger partial charge is 0.459 e. The topological polar surface area (TPSA) is 46.5 Å². The molecule has 6 aliphatic rings. The summed E-state index contributed by atoms with van der Waals surface area (Å²) in [6, 6.07) is 0. The Kier molecular flexibility index (Phi) is 2.48. The first-order valence-electron chi connectivity index (χ1n) is 8.98. The zero-order valence-corrected chi connectivity index (χ0v) is 12.7. The number of ether oxygens (including phenoxy) is 1. The van der Waals surface area contributed by atoms with Gasteiger partial charge in [-0.15, -0.1) is 0 Å². The maximum atomic E-state index is 12.7. The predicted octanol–water partition coefficient (Wildman–Crippen LogP) is 3.05. The molecule has 6 aliphatic carbocycles. The summed E-state index contributed by atoms with van der Waals surface area (Å²) in [5.74, 6) is 2.81. The van der Waals surface area contributed by atoms with Crippen LogP contribution in [0.2, 0.25) is 0 Å². The van der Waals surface area contributed by atoms with E-state index >= 15 is 0 Å². The molecular weight excluding hydrogens is 264 g/mol. The van der Waals surface area contributed by atoms with Crippen molar-refractivity contribution in [1.82, 2.24) is 0 Å². The van der Waals surface area contributed by atoms with Crippen LogP contribution in [0.25, 0.3) is 0 Å². The second kappa shape index (κ2) is 4.04. The molecule has 5 unspecified atom stereocenters. The van der Waals surface area contributed by atoms with Gasteiger partial charge >= 0.3 is 5.97 Å². The molecule has 0 aromatic rings. The molecule has 0 saturated heterocycles. The molecule has 0 aromatic heterocycles. The zero-order valence-electron chi connectivity index (χ0n) is 12.7. The van der Waals surface area contributed by atoms with Gasteiger partial charge in [0.05, 0.1) is 11.5 Å². The molecular formula is C18H26O3. The van der Waals surface area contributed by atoms with Crippen LogP contribution in [-0.2, 0) is 9.53 Å². The van der Waals surface area contributed by atoms with Crippen molar-refractivity contribution in [2.45, 2.75) is 75.4 Å². The van der Waals surface area contributed by atoms with Crippen LogP contribution in [0.4, 0.5) is 0 Å². The van der Waals surface area contributed by atoms with Crippen molar-refractivity contribution in [3.05, 3.63) is 0 Å². The molecule has 3 heteroatoms. The van der Waals surface area contributed by atoms with Crippen molar-refractivity contribution in [1.29, 1.82) is 0 Å². The van der Waals surface area contributed by atoms with Crippen molar-refractivity contribution in [3.63, 3.8) is 0 Å². The van der Waals surface area contributed by atoms with Crippen LogP contribution in [0.3, 0.4) is 0 Å². The lowest BCUT2D eigenvalue weighted by Crippen LogP contribution is -2.60. The third-order valence-corrected chi connectivity index (χ3v) is 7.33. The molecule has 6 fully saturated rings. The summed E-state index contributed by atoms with van der Waals surface area (Å²) in [7, 11) is 0. The van der Waals surface area contributed by atoms with Crippen molar-refractivity contribution in [2.75, 3.05) is 0 Å². The van der Waals surface area contributed by atoms with Gasteiger partial charge in [0.2, 0.25) is 0 Å². The Labute approximate surface area is 126 Å². The second-order valence-electron chi connectivity index (χ2n) is 9.07. The average Bonchev–Trinajstić information content (AvgIpc) is 2.96. The molecule has 6 rings (SSSR count). The Morgan fingerprint density at radius 2 is 1.71 bits per heavy atom. The van der Waals surface area contributed by atoms with Crippen LogP contribution in [0.1, 0.15) is 64.2 Å². The van der Waals surface area contributed by atoms with E-state index in [4.69, 9.17) is 4.74 Å². The highest BCUT2D eigenvalue weighted by atomic mass is 16.6. The molecule has 1 N–H and O–H groups in total. The van der Waals surface area contributed by atoms with Crippen LogP contribution < -0.4 is 0 Å². The molecule has 0 heterocycles. The monoisotopic (exact) mass is 290 g/mol. The van der Waals surface area contributed by atoms with Gasteiger partial charge in [-0.3, -0.25) is 4.79 Å². The second-order valence-corrected chi connectivity index (χ2v) is 9.07. The summed E-state index contributed by atoms with van der Waals surface area (Å²) in [6.07, 6.45) is 10.7. The Bertz CT molecular complexity index is 471. The number of hydrogen-bond acceptors (Lipinski definition) is 3. The van der Waals surface area contributed by atoms with Gasteiger partial charge in [-0.05, 0) is 75.0 Å². The van der Waals surface area contributed by atoms with Gasteiger partial charge in [0.25, 0.3) is 0 Å². The summed E-state index contributed by atoms with van der Waals surface area (Å²) >= 11 is 0. The van der Waals surface area contributed by atoms with Gasteiger partial charge < -0.3 is 9.84 Å². The molecule has 0 amide bonds. The third kappa shape index (κ3) is 1.92. The van der Waals surface area contributed by atoms with Gasteiger partial charge in [0.15, 0.2) is 0 Å². The molecule has 21 heavy (non-hydrogen) atoms. The number of aliphatic hydroxyl groups is 1. The Balaban J connectivity index is 1.35. The SMILES string of the molecule is O=C(OC12CC3CC(CC(O)(C3)C1)C2)C1CC2CCC1C2. The lowest BCUT2D eigenvalue weighted by Gasteiger charge is -2.59. The molecule has 5 atom stereocenters. The van der Waals surface area contributed by atoms with E-state index in [1.54, 1.807) is 0 Å². The van der Waals surface area contributed by atoms with E-state index in [0.717, 1.165) is 38.0 Å². The summed E-state index contributed by atoms with van der Waals surface area (Å²) in [5, 5.41) is 10.8. The van der Waals surface area contributed by atoms with E-state index in [2.05, 4.69) is 0 Å². The first-order chi connectivity index (χ1) is 10.0. The minimum absolute atomic E-state index is 0.0766. The minimum atomic E-state index is -0.529. The van der Waals surface area contributed by atoms with Gasteiger partial charge in [0.1, 0.15) is 5.60 Å². The molecule has 6 bridgehead atoms. The molecule has 3 nitrogen and oxygen atoms in total. The number of rotatable bonds is 2. The van der Waals surface area contributed by atoms with Gasteiger partial charge in [0, 0.05) is 6.42 Å². The summed E-state index contributed by atoms with van der Waals surface area (Å²) in [5.41, 5.74) is -0.837. The van der Waals surface area contributed by atoms with Crippen molar-refractivity contribution >= 4 is 5.97 Å². The third-order valence-electron chi connectivity index (χ3n) is 7.33. The predicted molar refractivity (Wildman–Crippen MR) is 77.4 cm³/mol. The molecule has 116 valence electrons. The van der Waals surface area contributed by atoms with Crippen LogP contribution in [0, 0.1) is 29.6 Å². The Morgan fingerprint density at radius 3 is 2.29 bits per heavy atom. The molecule has 6 saturated carbocycles. The Hall–Kier alpha value is -0.570.